The Hall–Kier alpha value is -1.04. The van der Waals surface area contributed by atoms with E-state index in [4.69, 9.17) is 19.8 Å². The summed E-state index contributed by atoms with van der Waals surface area (Å²) in [5.41, 5.74) is 6.43. The third-order valence-electron chi connectivity index (χ3n) is 4.06. The Kier molecular flexibility index (Phi) is 3.64. The van der Waals surface area contributed by atoms with E-state index < -0.39 is 7.12 Å². The van der Waals surface area contributed by atoms with Crippen LogP contribution >= 0.6 is 0 Å². The van der Waals surface area contributed by atoms with Crippen molar-refractivity contribution in [3.05, 3.63) is 29.8 Å². The standard InChI is InChI=1S/C14H22BNO3/c1-13(2)14(3,4)19-15(18-13)12(16)10-8-6-7-9-11(10)17-5/h6-9,12H,16H2,1-5H3/t12-/m1/s1. The van der Waals surface area contributed by atoms with Gasteiger partial charge in [-0.1, -0.05) is 18.2 Å². The minimum Gasteiger partial charge on any atom is -0.496 e. The molecule has 0 saturated carbocycles. The van der Waals surface area contributed by atoms with Crippen LogP contribution in [0.5, 0.6) is 5.75 Å². The normalized spacial score (nSPS) is 22.3. The first-order valence-electron chi connectivity index (χ1n) is 6.52. The Balaban J connectivity index is 2.24. The van der Waals surface area contributed by atoms with Gasteiger partial charge in [0.1, 0.15) is 5.75 Å². The number of methoxy groups -OCH3 is 1. The summed E-state index contributed by atoms with van der Waals surface area (Å²) in [5.74, 6) is 0.377. The van der Waals surface area contributed by atoms with Crippen LogP contribution in [0.4, 0.5) is 0 Å². The van der Waals surface area contributed by atoms with Gasteiger partial charge < -0.3 is 19.8 Å². The quantitative estimate of drug-likeness (QED) is 0.850. The second kappa shape index (κ2) is 4.82. The first-order chi connectivity index (χ1) is 8.78. The van der Waals surface area contributed by atoms with E-state index in [-0.39, 0.29) is 17.1 Å². The van der Waals surface area contributed by atoms with Gasteiger partial charge >= 0.3 is 7.12 Å². The molecule has 1 saturated heterocycles. The van der Waals surface area contributed by atoms with Crippen molar-refractivity contribution in [2.24, 2.45) is 5.73 Å². The number of rotatable bonds is 3. The maximum Gasteiger partial charge on any atom is 0.480 e. The number of hydrogen-bond acceptors (Lipinski definition) is 4. The van der Waals surface area contributed by atoms with Crippen LogP contribution in [0.1, 0.15) is 39.2 Å². The lowest BCUT2D eigenvalue weighted by Gasteiger charge is -2.32. The lowest BCUT2D eigenvalue weighted by Crippen LogP contribution is -2.41. The van der Waals surface area contributed by atoms with Gasteiger partial charge in [0.15, 0.2) is 0 Å². The average molecular weight is 263 g/mol. The van der Waals surface area contributed by atoms with Crippen LogP contribution in [-0.4, -0.2) is 25.4 Å². The lowest BCUT2D eigenvalue weighted by molar-refractivity contribution is 0.00578. The number of para-hydroxylation sites is 1. The fourth-order valence-corrected chi connectivity index (χ4v) is 2.12. The van der Waals surface area contributed by atoms with Gasteiger partial charge in [0, 0.05) is 5.56 Å². The minimum atomic E-state index is -0.471. The molecule has 1 fully saturated rings. The molecule has 19 heavy (non-hydrogen) atoms. The molecule has 2 rings (SSSR count). The molecule has 0 aromatic heterocycles. The van der Waals surface area contributed by atoms with Crippen LogP contribution in [0.2, 0.25) is 0 Å². The molecule has 1 atom stereocenters. The molecule has 4 nitrogen and oxygen atoms in total. The predicted molar refractivity (Wildman–Crippen MR) is 76.0 cm³/mol. The van der Waals surface area contributed by atoms with Crippen LogP contribution in [0.25, 0.3) is 0 Å². The van der Waals surface area contributed by atoms with Gasteiger partial charge in [-0.05, 0) is 33.8 Å². The molecule has 2 N–H and O–H groups in total. The molecular weight excluding hydrogens is 241 g/mol. The van der Waals surface area contributed by atoms with Gasteiger partial charge in [0.2, 0.25) is 0 Å². The van der Waals surface area contributed by atoms with E-state index >= 15 is 0 Å². The molecule has 1 heterocycles. The summed E-state index contributed by atoms with van der Waals surface area (Å²) in [4.78, 5) is 0. The summed E-state index contributed by atoms with van der Waals surface area (Å²) in [6.45, 7) is 8.06. The zero-order chi connectivity index (χ0) is 14.3. The van der Waals surface area contributed by atoms with E-state index in [0.29, 0.717) is 0 Å². The fraction of sp³-hybridized carbons (Fsp3) is 0.571. The van der Waals surface area contributed by atoms with Crippen molar-refractivity contribution in [1.29, 1.82) is 0 Å². The van der Waals surface area contributed by atoms with Gasteiger partial charge in [-0.15, -0.1) is 0 Å². The van der Waals surface area contributed by atoms with Crippen molar-refractivity contribution in [2.45, 2.75) is 44.8 Å². The Morgan fingerprint density at radius 2 is 1.63 bits per heavy atom. The summed E-state index contributed by atoms with van der Waals surface area (Å²) in [5, 5.41) is 0. The number of ether oxygens (including phenoxy) is 1. The van der Waals surface area contributed by atoms with Gasteiger partial charge in [-0.2, -0.15) is 0 Å². The average Bonchev–Trinajstić information content (AvgIpc) is 2.57. The number of nitrogens with two attached hydrogens (primary N) is 1. The highest BCUT2D eigenvalue weighted by molar-refractivity contribution is 6.47. The Morgan fingerprint density at radius 3 is 2.16 bits per heavy atom. The molecule has 0 unspecified atom stereocenters. The van der Waals surface area contributed by atoms with E-state index in [9.17, 15) is 0 Å². The highest BCUT2D eigenvalue weighted by atomic mass is 16.7. The molecule has 0 radical (unpaired) electrons. The SMILES string of the molecule is COc1ccccc1[C@@H](N)B1OC(C)(C)C(C)(C)O1. The monoisotopic (exact) mass is 263 g/mol. The summed E-state index contributed by atoms with van der Waals surface area (Å²) < 4.78 is 17.3. The van der Waals surface area contributed by atoms with Crippen LogP contribution in [0.3, 0.4) is 0 Å². The molecule has 1 aliphatic rings. The smallest absolute Gasteiger partial charge is 0.480 e. The molecule has 0 bridgehead atoms. The van der Waals surface area contributed by atoms with E-state index in [2.05, 4.69) is 0 Å². The van der Waals surface area contributed by atoms with Crippen molar-refractivity contribution in [2.75, 3.05) is 7.11 Å². The Bertz CT molecular complexity index is 446. The van der Waals surface area contributed by atoms with E-state index in [1.54, 1.807) is 7.11 Å². The van der Waals surface area contributed by atoms with Gasteiger partial charge in [-0.25, -0.2) is 0 Å². The van der Waals surface area contributed by atoms with E-state index in [1.807, 2.05) is 52.0 Å². The van der Waals surface area contributed by atoms with Gasteiger partial charge in [0.05, 0.1) is 24.3 Å². The first kappa shape index (κ1) is 14.4. The van der Waals surface area contributed by atoms with Gasteiger partial charge in [0.25, 0.3) is 0 Å². The summed E-state index contributed by atoms with van der Waals surface area (Å²) in [7, 11) is 1.16. The molecule has 1 aromatic carbocycles. The van der Waals surface area contributed by atoms with Gasteiger partial charge in [-0.3, -0.25) is 0 Å². The summed E-state index contributed by atoms with van der Waals surface area (Å²) in [6.07, 6.45) is 0. The molecule has 1 aromatic rings. The molecule has 0 aliphatic carbocycles. The molecule has 104 valence electrons. The number of benzene rings is 1. The fourth-order valence-electron chi connectivity index (χ4n) is 2.12. The second-order valence-electron chi connectivity index (χ2n) is 5.89. The van der Waals surface area contributed by atoms with Crippen LogP contribution in [-0.2, 0) is 9.31 Å². The summed E-state index contributed by atoms with van der Waals surface area (Å²) in [6, 6.07) is 7.68. The molecule has 0 amide bonds. The Labute approximate surface area is 115 Å². The zero-order valence-electron chi connectivity index (χ0n) is 12.3. The van der Waals surface area contributed by atoms with Crippen molar-refractivity contribution >= 4 is 7.12 Å². The summed E-state index contributed by atoms with van der Waals surface area (Å²) >= 11 is 0. The second-order valence-corrected chi connectivity index (χ2v) is 5.89. The topological polar surface area (TPSA) is 53.7 Å². The Morgan fingerprint density at radius 1 is 1.11 bits per heavy atom. The van der Waals surface area contributed by atoms with Crippen molar-refractivity contribution < 1.29 is 14.0 Å². The van der Waals surface area contributed by atoms with E-state index in [0.717, 1.165) is 11.3 Å². The first-order valence-corrected chi connectivity index (χ1v) is 6.52. The third-order valence-corrected chi connectivity index (χ3v) is 4.06. The van der Waals surface area contributed by atoms with Crippen LogP contribution in [0, 0.1) is 0 Å². The van der Waals surface area contributed by atoms with E-state index in [1.165, 1.54) is 0 Å². The molecule has 5 heteroatoms. The molecule has 1 aliphatic heterocycles. The third kappa shape index (κ3) is 2.50. The molecule has 0 spiro atoms. The van der Waals surface area contributed by atoms with Crippen LogP contribution < -0.4 is 10.5 Å². The van der Waals surface area contributed by atoms with Crippen LogP contribution in [0.15, 0.2) is 24.3 Å². The van der Waals surface area contributed by atoms with Crippen molar-refractivity contribution in [3.8, 4) is 5.75 Å². The number of hydrogen-bond donors (Lipinski definition) is 1. The maximum absolute atomic E-state index is 6.29. The minimum absolute atomic E-state index is 0.378. The largest absolute Gasteiger partial charge is 0.496 e. The highest BCUT2D eigenvalue weighted by Gasteiger charge is 2.53. The zero-order valence-corrected chi connectivity index (χ0v) is 12.3. The van der Waals surface area contributed by atoms with Crippen molar-refractivity contribution in [3.63, 3.8) is 0 Å². The lowest BCUT2D eigenvalue weighted by atomic mass is 9.74. The van der Waals surface area contributed by atoms with Crippen molar-refractivity contribution in [1.82, 2.24) is 0 Å². The predicted octanol–water partition coefficient (Wildman–Crippen LogP) is 2.33. The molecular formula is C14H22BNO3. The highest BCUT2D eigenvalue weighted by Crippen LogP contribution is 2.40. The maximum atomic E-state index is 6.29.